The van der Waals surface area contributed by atoms with Crippen molar-refractivity contribution in [2.24, 2.45) is 0 Å². The van der Waals surface area contributed by atoms with Gasteiger partial charge >= 0.3 is 7.12 Å². The molecule has 0 fully saturated rings. The van der Waals surface area contributed by atoms with Gasteiger partial charge in [-0.2, -0.15) is 0 Å². The normalized spacial score (nSPS) is 10.8. The van der Waals surface area contributed by atoms with Gasteiger partial charge in [0.2, 0.25) is 0 Å². The van der Waals surface area contributed by atoms with Crippen molar-refractivity contribution in [1.29, 1.82) is 0 Å². The Kier molecular flexibility index (Phi) is 3.23. The maximum Gasteiger partial charge on any atom is 0.488 e. The maximum atomic E-state index is 12.8. The van der Waals surface area contributed by atoms with E-state index in [1.54, 1.807) is 13.8 Å². The van der Waals surface area contributed by atoms with Gasteiger partial charge in [0.05, 0.1) is 0 Å². The highest BCUT2D eigenvalue weighted by Crippen LogP contribution is 2.15. The lowest BCUT2D eigenvalue weighted by Crippen LogP contribution is -2.34. The Hall–Kier alpha value is -0.935. The molecule has 0 unspecified atom stereocenters. The number of rotatable bonds is 2. The topological polar surface area (TPSA) is 40.5 Å². The van der Waals surface area contributed by atoms with Gasteiger partial charge in [-0.3, -0.25) is 0 Å². The molecule has 0 saturated heterocycles. The van der Waals surface area contributed by atoms with Crippen LogP contribution in [0.2, 0.25) is 0 Å². The monoisotopic (exact) mass is 200 g/mol. The van der Waals surface area contributed by atoms with Crippen LogP contribution in [0.5, 0.6) is 0 Å². The Morgan fingerprint density at radius 2 is 1.64 bits per heavy atom. The smallest absolute Gasteiger partial charge is 0.423 e. The molecule has 0 saturated carbocycles. The minimum Gasteiger partial charge on any atom is -0.423 e. The third kappa shape index (κ3) is 2.11. The fourth-order valence-corrected chi connectivity index (χ4v) is 1.30. The number of halogens is 2. The van der Waals surface area contributed by atoms with Gasteiger partial charge in [-0.15, -0.1) is 0 Å². The van der Waals surface area contributed by atoms with Crippen LogP contribution >= 0.6 is 0 Å². The summed E-state index contributed by atoms with van der Waals surface area (Å²) in [5.74, 6) is -2.14. The van der Waals surface area contributed by atoms with Gasteiger partial charge in [-0.05, 0) is 29.1 Å². The lowest BCUT2D eigenvalue weighted by molar-refractivity contribution is 0.424. The highest BCUT2D eigenvalue weighted by molar-refractivity contribution is 6.59. The molecule has 0 radical (unpaired) electrons. The number of hydrogen-bond acceptors (Lipinski definition) is 2. The van der Waals surface area contributed by atoms with Crippen LogP contribution < -0.4 is 5.46 Å². The molecule has 1 aromatic carbocycles. The van der Waals surface area contributed by atoms with E-state index in [1.807, 2.05) is 0 Å². The Labute approximate surface area is 81.3 Å². The summed E-state index contributed by atoms with van der Waals surface area (Å²) in [7, 11) is -1.78. The first-order valence-electron chi connectivity index (χ1n) is 4.28. The molecule has 5 heteroatoms. The van der Waals surface area contributed by atoms with E-state index in [0.717, 1.165) is 12.1 Å². The highest BCUT2D eigenvalue weighted by Gasteiger charge is 2.20. The summed E-state index contributed by atoms with van der Waals surface area (Å²) in [5, 5.41) is 17.9. The first kappa shape index (κ1) is 11.1. The van der Waals surface area contributed by atoms with Gasteiger partial charge in [0.1, 0.15) is 0 Å². The average Bonchev–Trinajstić information content (AvgIpc) is 2.08. The van der Waals surface area contributed by atoms with Gasteiger partial charge in [0, 0.05) is 0 Å². The van der Waals surface area contributed by atoms with Crippen LogP contribution in [0.3, 0.4) is 0 Å². The molecule has 0 aliphatic heterocycles. The fraction of sp³-hybridized carbons (Fsp3) is 0.333. The molecule has 2 N–H and O–H groups in total. The molecule has 0 heterocycles. The van der Waals surface area contributed by atoms with E-state index < -0.39 is 18.8 Å². The molecular formula is C9H11BF2O2. The zero-order valence-electron chi connectivity index (χ0n) is 7.96. The van der Waals surface area contributed by atoms with E-state index in [1.165, 1.54) is 0 Å². The van der Waals surface area contributed by atoms with E-state index in [2.05, 4.69) is 0 Å². The Morgan fingerprint density at radius 3 is 2.07 bits per heavy atom. The summed E-state index contributed by atoms with van der Waals surface area (Å²) in [5.41, 5.74) is 0.415. The van der Waals surface area contributed by atoms with Gasteiger partial charge in [0.25, 0.3) is 0 Å². The van der Waals surface area contributed by atoms with Crippen LogP contribution in [0, 0.1) is 11.6 Å². The number of hydrogen-bond donors (Lipinski definition) is 2. The van der Waals surface area contributed by atoms with Crippen LogP contribution in [-0.2, 0) is 0 Å². The van der Waals surface area contributed by atoms with Crippen molar-refractivity contribution >= 4 is 12.6 Å². The van der Waals surface area contributed by atoms with Gasteiger partial charge < -0.3 is 10.0 Å². The lowest BCUT2D eigenvalue weighted by Gasteiger charge is -2.12. The molecule has 1 aromatic rings. The second kappa shape index (κ2) is 4.06. The predicted octanol–water partition coefficient (Wildman–Crippen LogP) is 0.768. The van der Waals surface area contributed by atoms with Crippen LogP contribution in [0.25, 0.3) is 0 Å². The van der Waals surface area contributed by atoms with E-state index in [9.17, 15) is 8.78 Å². The van der Waals surface area contributed by atoms with Crippen molar-refractivity contribution in [3.8, 4) is 0 Å². The SMILES string of the molecule is CC(C)c1cc(F)c(F)cc1B(O)O. The summed E-state index contributed by atoms with van der Waals surface area (Å²) in [6, 6.07) is 1.81. The largest absolute Gasteiger partial charge is 0.488 e. The van der Waals surface area contributed by atoms with E-state index in [-0.39, 0.29) is 11.4 Å². The van der Waals surface area contributed by atoms with Crippen LogP contribution in [0.15, 0.2) is 12.1 Å². The summed E-state index contributed by atoms with van der Waals surface area (Å²) >= 11 is 0. The molecule has 0 bridgehead atoms. The molecule has 76 valence electrons. The molecule has 1 rings (SSSR count). The molecule has 2 nitrogen and oxygen atoms in total. The Balaban J connectivity index is 3.31. The van der Waals surface area contributed by atoms with Gasteiger partial charge in [0.15, 0.2) is 11.6 Å². The second-order valence-corrected chi connectivity index (χ2v) is 3.42. The molecule has 0 aliphatic carbocycles. The fourth-order valence-electron chi connectivity index (χ4n) is 1.30. The first-order chi connectivity index (χ1) is 6.43. The molecule has 0 aliphatic rings. The second-order valence-electron chi connectivity index (χ2n) is 3.42. The summed E-state index contributed by atoms with van der Waals surface area (Å²) < 4.78 is 25.6. The maximum absolute atomic E-state index is 12.8. The van der Waals surface area contributed by atoms with Crippen molar-refractivity contribution in [1.82, 2.24) is 0 Å². The predicted molar refractivity (Wildman–Crippen MR) is 50.3 cm³/mol. The Bertz CT molecular complexity index is 307. The summed E-state index contributed by atoms with van der Waals surface area (Å²) in [4.78, 5) is 0. The first-order valence-corrected chi connectivity index (χ1v) is 4.28. The standard InChI is InChI=1S/C9H11BF2O2/c1-5(2)6-3-8(11)9(12)4-7(6)10(13)14/h3-5,13-14H,1-2H3. The van der Waals surface area contributed by atoms with E-state index in [0.29, 0.717) is 5.56 Å². The summed E-state index contributed by atoms with van der Waals surface area (Å²) in [6.07, 6.45) is 0. The molecule has 14 heavy (non-hydrogen) atoms. The molecule has 0 aromatic heterocycles. The van der Waals surface area contributed by atoms with Gasteiger partial charge in [-0.25, -0.2) is 8.78 Å². The summed E-state index contributed by atoms with van der Waals surface area (Å²) in [6.45, 7) is 3.52. The van der Waals surface area contributed by atoms with Crippen LogP contribution in [-0.4, -0.2) is 17.2 Å². The molecule has 0 amide bonds. The lowest BCUT2D eigenvalue weighted by atomic mass is 9.74. The quantitative estimate of drug-likeness (QED) is 0.692. The van der Waals surface area contributed by atoms with Crippen LogP contribution in [0.1, 0.15) is 25.3 Å². The zero-order chi connectivity index (χ0) is 10.9. The number of benzene rings is 1. The average molecular weight is 200 g/mol. The third-order valence-electron chi connectivity index (χ3n) is 2.03. The zero-order valence-corrected chi connectivity index (χ0v) is 7.96. The van der Waals surface area contributed by atoms with Gasteiger partial charge in [-0.1, -0.05) is 13.8 Å². The van der Waals surface area contributed by atoms with Crippen LogP contribution in [0.4, 0.5) is 8.78 Å². The van der Waals surface area contributed by atoms with Crippen molar-refractivity contribution < 1.29 is 18.8 Å². The van der Waals surface area contributed by atoms with E-state index >= 15 is 0 Å². The third-order valence-corrected chi connectivity index (χ3v) is 2.03. The minimum absolute atomic E-state index is 0.0129. The van der Waals surface area contributed by atoms with Crippen molar-refractivity contribution in [3.63, 3.8) is 0 Å². The molecule has 0 atom stereocenters. The molecular weight excluding hydrogens is 189 g/mol. The van der Waals surface area contributed by atoms with Crippen molar-refractivity contribution in [2.45, 2.75) is 19.8 Å². The highest BCUT2D eigenvalue weighted by atomic mass is 19.2. The Morgan fingerprint density at radius 1 is 1.14 bits per heavy atom. The minimum atomic E-state index is -1.78. The van der Waals surface area contributed by atoms with Crippen molar-refractivity contribution in [3.05, 3.63) is 29.3 Å². The van der Waals surface area contributed by atoms with Crippen molar-refractivity contribution in [2.75, 3.05) is 0 Å². The van der Waals surface area contributed by atoms with E-state index in [4.69, 9.17) is 10.0 Å². The molecule has 0 spiro atoms.